The molecule has 142 valence electrons. The van der Waals surface area contributed by atoms with Crippen LogP contribution in [0.15, 0.2) is 42.5 Å². The SMILES string of the molecule is O=C(NCCc1cccc(O)c1)N1CCCC1c1ccc2c(c1)OCCO2. The van der Waals surface area contributed by atoms with Gasteiger partial charge in [0.1, 0.15) is 19.0 Å². The molecule has 2 aromatic carbocycles. The molecule has 0 aromatic heterocycles. The summed E-state index contributed by atoms with van der Waals surface area (Å²) in [6.07, 6.45) is 2.61. The lowest BCUT2D eigenvalue weighted by Crippen LogP contribution is -2.40. The number of amides is 2. The van der Waals surface area contributed by atoms with Crippen LogP contribution in [-0.4, -0.2) is 42.3 Å². The van der Waals surface area contributed by atoms with E-state index < -0.39 is 0 Å². The zero-order valence-electron chi connectivity index (χ0n) is 15.2. The van der Waals surface area contributed by atoms with Gasteiger partial charge in [-0.05, 0) is 54.7 Å². The van der Waals surface area contributed by atoms with Gasteiger partial charge in [-0.2, -0.15) is 0 Å². The Hall–Kier alpha value is -2.89. The highest BCUT2D eigenvalue weighted by molar-refractivity contribution is 5.75. The van der Waals surface area contributed by atoms with E-state index in [2.05, 4.69) is 5.32 Å². The highest BCUT2D eigenvalue weighted by atomic mass is 16.6. The van der Waals surface area contributed by atoms with Gasteiger partial charge in [-0.25, -0.2) is 4.79 Å². The molecule has 0 saturated carbocycles. The van der Waals surface area contributed by atoms with Crippen molar-refractivity contribution in [3.8, 4) is 17.2 Å². The molecule has 1 unspecified atom stereocenters. The predicted octanol–water partition coefficient (Wildman–Crippen LogP) is 3.25. The Morgan fingerprint density at radius 1 is 1.15 bits per heavy atom. The van der Waals surface area contributed by atoms with Gasteiger partial charge in [0, 0.05) is 13.1 Å². The summed E-state index contributed by atoms with van der Waals surface area (Å²) >= 11 is 0. The topological polar surface area (TPSA) is 71.0 Å². The number of ether oxygens (including phenoxy) is 2. The summed E-state index contributed by atoms with van der Waals surface area (Å²) in [5, 5.41) is 12.5. The van der Waals surface area contributed by atoms with Crippen molar-refractivity contribution < 1.29 is 19.4 Å². The molecular weight excluding hydrogens is 344 g/mol. The molecule has 0 aliphatic carbocycles. The highest BCUT2D eigenvalue weighted by Crippen LogP contribution is 2.38. The lowest BCUT2D eigenvalue weighted by Gasteiger charge is -2.27. The number of carbonyl (C=O) groups excluding carboxylic acids is 1. The van der Waals surface area contributed by atoms with Crippen molar-refractivity contribution >= 4 is 6.03 Å². The van der Waals surface area contributed by atoms with Crippen LogP contribution in [0.5, 0.6) is 17.2 Å². The highest BCUT2D eigenvalue weighted by Gasteiger charge is 2.30. The first-order chi connectivity index (χ1) is 13.2. The molecular formula is C21H24N2O4. The maximum atomic E-state index is 12.7. The fourth-order valence-corrected chi connectivity index (χ4v) is 3.75. The number of urea groups is 1. The lowest BCUT2D eigenvalue weighted by atomic mass is 10.0. The first kappa shape index (κ1) is 17.5. The molecule has 1 atom stereocenters. The van der Waals surface area contributed by atoms with Gasteiger partial charge < -0.3 is 24.8 Å². The molecule has 0 radical (unpaired) electrons. The molecule has 6 nitrogen and oxygen atoms in total. The monoisotopic (exact) mass is 368 g/mol. The van der Waals surface area contributed by atoms with Crippen molar-refractivity contribution in [2.45, 2.75) is 25.3 Å². The zero-order chi connectivity index (χ0) is 18.6. The number of benzene rings is 2. The minimum Gasteiger partial charge on any atom is -0.508 e. The second-order valence-corrected chi connectivity index (χ2v) is 6.91. The number of nitrogens with one attached hydrogen (secondary N) is 1. The van der Waals surface area contributed by atoms with Gasteiger partial charge in [0.25, 0.3) is 0 Å². The molecule has 2 N–H and O–H groups in total. The van der Waals surface area contributed by atoms with Gasteiger partial charge in [0.15, 0.2) is 11.5 Å². The molecule has 2 heterocycles. The summed E-state index contributed by atoms with van der Waals surface area (Å²) < 4.78 is 11.3. The number of hydrogen-bond donors (Lipinski definition) is 2. The Morgan fingerprint density at radius 2 is 2.00 bits per heavy atom. The Morgan fingerprint density at radius 3 is 2.85 bits per heavy atom. The van der Waals surface area contributed by atoms with Crippen molar-refractivity contribution in [3.63, 3.8) is 0 Å². The van der Waals surface area contributed by atoms with E-state index in [0.717, 1.165) is 42.0 Å². The van der Waals surface area contributed by atoms with Crippen LogP contribution in [0.1, 0.15) is 30.0 Å². The van der Waals surface area contributed by atoms with Crippen molar-refractivity contribution in [1.82, 2.24) is 10.2 Å². The molecule has 6 heteroatoms. The summed E-state index contributed by atoms with van der Waals surface area (Å²) in [4.78, 5) is 14.6. The van der Waals surface area contributed by atoms with E-state index in [0.29, 0.717) is 26.2 Å². The van der Waals surface area contributed by atoms with Crippen LogP contribution < -0.4 is 14.8 Å². The van der Waals surface area contributed by atoms with Crippen LogP contribution in [0.25, 0.3) is 0 Å². The maximum absolute atomic E-state index is 12.7. The number of rotatable bonds is 4. The number of carbonyl (C=O) groups is 1. The maximum Gasteiger partial charge on any atom is 0.317 e. The molecule has 0 spiro atoms. The Kier molecular flexibility index (Phi) is 5.05. The third-order valence-electron chi connectivity index (χ3n) is 5.07. The van der Waals surface area contributed by atoms with Crippen LogP contribution in [0.4, 0.5) is 4.79 Å². The molecule has 2 aromatic rings. The minimum atomic E-state index is -0.0486. The average Bonchev–Trinajstić information content (AvgIpc) is 3.17. The van der Waals surface area contributed by atoms with E-state index in [1.54, 1.807) is 12.1 Å². The number of phenols is 1. The number of likely N-dealkylation sites (tertiary alicyclic amines) is 1. The smallest absolute Gasteiger partial charge is 0.317 e. The second kappa shape index (κ2) is 7.78. The molecule has 4 rings (SSSR count). The molecule has 2 aliphatic rings. The van der Waals surface area contributed by atoms with E-state index in [4.69, 9.17) is 9.47 Å². The van der Waals surface area contributed by atoms with Gasteiger partial charge in [-0.3, -0.25) is 0 Å². The van der Waals surface area contributed by atoms with E-state index in [1.807, 2.05) is 35.2 Å². The number of nitrogens with zero attached hydrogens (tertiary/aromatic N) is 1. The Bertz CT molecular complexity index is 824. The van der Waals surface area contributed by atoms with Gasteiger partial charge in [0.05, 0.1) is 6.04 Å². The fourth-order valence-electron chi connectivity index (χ4n) is 3.75. The van der Waals surface area contributed by atoms with E-state index >= 15 is 0 Å². The third kappa shape index (κ3) is 3.94. The zero-order valence-corrected chi connectivity index (χ0v) is 15.2. The predicted molar refractivity (Wildman–Crippen MR) is 101 cm³/mol. The van der Waals surface area contributed by atoms with Crippen molar-refractivity contribution in [2.24, 2.45) is 0 Å². The first-order valence-electron chi connectivity index (χ1n) is 9.42. The van der Waals surface area contributed by atoms with Gasteiger partial charge >= 0.3 is 6.03 Å². The number of fused-ring (bicyclic) bond motifs is 1. The Labute approximate surface area is 158 Å². The number of hydrogen-bond acceptors (Lipinski definition) is 4. The fraction of sp³-hybridized carbons (Fsp3) is 0.381. The van der Waals surface area contributed by atoms with Crippen molar-refractivity contribution in [3.05, 3.63) is 53.6 Å². The van der Waals surface area contributed by atoms with Gasteiger partial charge in [-0.1, -0.05) is 18.2 Å². The van der Waals surface area contributed by atoms with Crippen LogP contribution >= 0.6 is 0 Å². The standard InChI is InChI=1S/C21H24N2O4/c24-17-4-1-3-15(13-17)8-9-22-21(25)23-10-2-5-18(23)16-6-7-19-20(14-16)27-12-11-26-19/h1,3-4,6-7,13-14,18,24H,2,5,8-12H2,(H,22,25). The minimum absolute atomic E-state index is 0.0486. The molecule has 2 amide bonds. The average molecular weight is 368 g/mol. The quantitative estimate of drug-likeness (QED) is 0.869. The molecule has 27 heavy (non-hydrogen) atoms. The summed E-state index contributed by atoms with van der Waals surface area (Å²) in [5.74, 6) is 1.78. The number of phenolic OH excluding ortho intramolecular Hbond substituents is 1. The normalized spacial score (nSPS) is 18.4. The molecule has 2 aliphatic heterocycles. The van der Waals surface area contributed by atoms with Gasteiger partial charge in [0.2, 0.25) is 0 Å². The van der Waals surface area contributed by atoms with Crippen molar-refractivity contribution in [2.75, 3.05) is 26.3 Å². The lowest BCUT2D eigenvalue weighted by molar-refractivity contribution is 0.170. The van der Waals surface area contributed by atoms with E-state index in [1.165, 1.54) is 0 Å². The molecule has 1 fully saturated rings. The van der Waals surface area contributed by atoms with Crippen molar-refractivity contribution in [1.29, 1.82) is 0 Å². The first-order valence-corrected chi connectivity index (χ1v) is 9.42. The second-order valence-electron chi connectivity index (χ2n) is 6.91. The van der Waals surface area contributed by atoms with E-state index in [9.17, 15) is 9.90 Å². The van der Waals surface area contributed by atoms with Crippen LogP contribution in [0.3, 0.4) is 0 Å². The Balaban J connectivity index is 1.38. The van der Waals surface area contributed by atoms with Crippen LogP contribution in [0, 0.1) is 0 Å². The summed E-state index contributed by atoms with van der Waals surface area (Å²) in [7, 11) is 0. The largest absolute Gasteiger partial charge is 0.508 e. The summed E-state index contributed by atoms with van der Waals surface area (Å²) in [5.41, 5.74) is 2.08. The van der Waals surface area contributed by atoms with Crippen LogP contribution in [-0.2, 0) is 6.42 Å². The number of aromatic hydroxyl groups is 1. The third-order valence-corrected chi connectivity index (χ3v) is 5.07. The summed E-state index contributed by atoms with van der Waals surface area (Å²) in [6, 6.07) is 13.1. The van der Waals surface area contributed by atoms with E-state index in [-0.39, 0.29) is 17.8 Å². The van der Waals surface area contributed by atoms with Crippen LogP contribution in [0.2, 0.25) is 0 Å². The molecule has 1 saturated heterocycles. The molecule has 0 bridgehead atoms. The summed E-state index contributed by atoms with van der Waals surface area (Å²) in [6.45, 7) is 2.41. The van der Waals surface area contributed by atoms with Gasteiger partial charge in [-0.15, -0.1) is 0 Å².